The van der Waals surface area contributed by atoms with Crippen molar-refractivity contribution in [3.8, 4) is 0 Å². The number of carbonyl (C=O) groups is 3. The number of aromatic nitrogens is 2. The minimum absolute atomic E-state index is 0.137. The van der Waals surface area contributed by atoms with Crippen LogP contribution in [0.25, 0.3) is 0 Å². The van der Waals surface area contributed by atoms with Crippen molar-refractivity contribution in [3.63, 3.8) is 0 Å². The average molecular weight is 418 g/mol. The molecule has 4 amide bonds. The summed E-state index contributed by atoms with van der Waals surface area (Å²) in [6.45, 7) is 10.5. The van der Waals surface area contributed by atoms with Gasteiger partial charge in [0.15, 0.2) is 0 Å². The second kappa shape index (κ2) is 8.40. The number of rotatable bonds is 7. The maximum Gasteiger partial charge on any atom is 0.325 e. The van der Waals surface area contributed by atoms with Crippen LogP contribution in [0, 0.1) is 11.3 Å². The molecule has 1 aliphatic carbocycles. The van der Waals surface area contributed by atoms with E-state index in [1.54, 1.807) is 16.9 Å². The Labute approximate surface area is 178 Å². The molecular weight excluding hydrogens is 382 g/mol. The Balaban J connectivity index is 1.63. The average Bonchev–Trinajstić information content (AvgIpc) is 3.26. The number of imide groups is 1. The number of carbonyl (C=O) groups excluding carboxylic acids is 3. The molecule has 2 N–H and O–H groups in total. The van der Waals surface area contributed by atoms with Gasteiger partial charge in [0.05, 0.1) is 12.2 Å². The summed E-state index contributed by atoms with van der Waals surface area (Å²) in [6, 6.07) is 1.38. The van der Waals surface area contributed by atoms with E-state index in [9.17, 15) is 14.4 Å². The van der Waals surface area contributed by atoms with Crippen molar-refractivity contribution in [3.05, 3.63) is 12.3 Å². The van der Waals surface area contributed by atoms with Crippen molar-refractivity contribution in [2.45, 2.75) is 84.7 Å². The molecule has 1 aromatic heterocycles. The number of nitrogens with zero attached hydrogens (tertiary/aromatic N) is 3. The maximum absolute atomic E-state index is 13.1. The van der Waals surface area contributed by atoms with Gasteiger partial charge in [-0.1, -0.05) is 34.1 Å². The number of anilines is 1. The Hall–Kier alpha value is -2.38. The smallest absolute Gasteiger partial charge is 0.323 e. The Kier molecular flexibility index (Phi) is 6.24. The van der Waals surface area contributed by atoms with Gasteiger partial charge in [0, 0.05) is 6.07 Å². The van der Waals surface area contributed by atoms with E-state index in [-0.39, 0.29) is 23.9 Å². The SMILES string of the molecule is CCC(C)n1nccc1NC(=O)CN1C(=O)NC2(CCC(C(C)(C)CC)CC2)C1=O. The summed E-state index contributed by atoms with van der Waals surface area (Å²) in [6.07, 6.45) is 6.65. The minimum atomic E-state index is -0.851. The monoisotopic (exact) mass is 417 g/mol. The van der Waals surface area contributed by atoms with Gasteiger partial charge in [0.2, 0.25) is 5.91 Å². The maximum atomic E-state index is 13.1. The highest BCUT2D eigenvalue weighted by Crippen LogP contribution is 2.45. The Morgan fingerprint density at radius 3 is 2.60 bits per heavy atom. The molecule has 1 aliphatic heterocycles. The topological polar surface area (TPSA) is 96.3 Å². The van der Waals surface area contributed by atoms with Crippen molar-refractivity contribution in [1.82, 2.24) is 20.0 Å². The lowest BCUT2D eigenvalue weighted by atomic mass is 9.65. The van der Waals surface area contributed by atoms with Crippen LogP contribution in [-0.4, -0.2) is 44.6 Å². The Morgan fingerprint density at radius 1 is 1.33 bits per heavy atom. The summed E-state index contributed by atoms with van der Waals surface area (Å²) in [4.78, 5) is 39.3. The van der Waals surface area contributed by atoms with Gasteiger partial charge in [-0.15, -0.1) is 0 Å². The van der Waals surface area contributed by atoms with E-state index in [1.165, 1.54) is 0 Å². The molecule has 8 heteroatoms. The van der Waals surface area contributed by atoms with E-state index in [1.807, 2.05) is 13.8 Å². The number of urea groups is 1. The number of hydrogen-bond acceptors (Lipinski definition) is 4. The highest BCUT2D eigenvalue weighted by atomic mass is 16.2. The zero-order valence-electron chi connectivity index (χ0n) is 18.8. The molecule has 1 aromatic rings. The molecule has 8 nitrogen and oxygen atoms in total. The third-order valence-electron chi connectivity index (χ3n) is 7.35. The Morgan fingerprint density at radius 2 is 2.00 bits per heavy atom. The largest absolute Gasteiger partial charge is 0.325 e. The van der Waals surface area contributed by atoms with Crippen LogP contribution in [0.3, 0.4) is 0 Å². The predicted molar refractivity (Wildman–Crippen MR) is 115 cm³/mol. The van der Waals surface area contributed by atoms with Crippen molar-refractivity contribution >= 4 is 23.7 Å². The predicted octanol–water partition coefficient (Wildman–Crippen LogP) is 3.71. The molecule has 2 aliphatic rings. The third kappa shape index (κ3) is 4.09. The van der Waals surface area contributed by atoms with Gasteiger partial charge < -0.3 is 10.6 Å². The van der Waals surface area contributed by atoms with Gasteiger partial charge in [-0.05, 0) is 50.4 Å². The molecule has 0 bridgehead atoms. The second-order valence-electron chi connectivity index (χ2n) is 9.49. The van der Waals surface area contributed by atoms with Gasteiger partial charge in [-0.3, -0.25) is 14.5 Å². The fourth-order valence-corrected chi connectivity index (χ4v) is 4.60. The lowest BCUT2D eigenvalue weighted by Gasteiger charge is -2.42. The van der Waals surface area contributed by atoms with Gasteiger partial charge in [-0.25, -0.2) is 9.48 Å². The first-order valence-corrected chi connectivity index (χ1v) is 11.1. The van der Waals surface area contributed by atoms with E-state index in [0.717, 1.165) is 30.6 Å². The molecule has 1 saturated heterocycles. The van der Waals surface area contributed by atoms with Crippen LogP contribution >= 0.6 is 0 Å². The van der Waals surface area contributed by atoms with Gasteiger partial charge >= 0.3 is 6.03 Å². The highest BCUT2D eigenvalue weighted by Gasteiger charge is 2.53. The van der Waals surface area contributed by atoms with Crippen LogP contribution in [0.15, 0.2) is 12.3 Å². The normalized spacial score (nSPS) is 25.5. The first-order valence-electron chi connectivity index (χ1n) is 11.1. The van der Waals surface area contributed by atoms with Crippen LogP contribution in [0.1, 0.15) is 79.2 Å². The van der Waals surface area contributed by atoms with E-state index in [2.05, 4.69) is 36.5 Å². The first kappa shape index (κ1) is 22.3. The summed E-state index contributed by atoms with van der Waals surface area (Å²) in [5.41, 5.74) is -0.623. The highest BCUT2D eigenvalue weighted by molar-refractivity contribution is 6.10. The van der Waals surface area contributed by atoms with Crippen LogP contribution in [-0.2, 0) is 9.59 Å². The molecule has 3 rings (SSSR count). The summed E-state index contributed by atoms with van der Waals surface area (Å²) >= 11 is 0. The van der Waals surface area contributed by atoms with Gasteiger partial charge in [0.1, 0.15) is 17.9 Å². The fourth-order valence-electron chi connectivity index (χ4n) is 4.60. The lowest BCUT2D eigenvalue weighted by molar-refractivity contribution is -0.135. The van der Waals surface area contributed by atoms with E-state index in [4.69, 9.17) is 0 Å². The molecule has 2 fully saturated rings. The fraction of sp³-hybridized carbons (Fsp3) is 0.727. The molecule has 1 saturated carbocycles. The molecule has 1 spiro atoms. The third-order valence-corrected chi connectivity index (χ3v) is 7.35. The second-order valence-corrected chi connectivity index (χ2v) is 9.49. The van der Waals surface area contributed by atoms with Crippen LogP contribution < -0.4 is 10.6 Å². The summed E-state index contributed by atoms with van der Waals surface area (Å²) < 4.78 is 1.74. The van der Waals surface area contributed by atoms with Crippen molar-refractivity contribution in [1.29, 1.82) is 0 Å². The van der Waals surface area contributed by atoms with Gasteiger partial charge in [-0.2, -0.15) is 5.10 Å². The Bertz CT molecular complexity index is 807. The van der Waals surface area contributed by atoms with E-state index in [0.29, 0.717) is 24.6 Å². The minimum Gasteiger partial charge on any atom is -0.323 e. The summed E-state index contributed by atoms with van der Waals surface area (Å²) in [7, 11) is 0. The molecule has 166 valence electrons. The standard InChI is InChI=1S/C22H35N5O3/c1-6-15(3)27-17(10-13-23-27)24-18(28)14-26-19(29)22(25-20(26)30)11-8-16(9-12-22)21(4,5)7-2/h10,13,15-16H,6-9,11-12,14H2,1-5H3,(H,24,28)(H,25,30). The lowest BCUT2D eigenvalue weighted by Crippen LogP contribution is -2.51. The van der Waals surface area contributed by atoms with Gasteiger partial charge in [0.25, 0.3) is 5.91 Å². The van der Waals surface area contributed by atoms with Crippen molar-refractivity contribution < 1.29 is 14.4 Å². The molecule has 0 aromatic carbocycles. The zero-order chi connectivity index (χ0) is 22.1. The summed E-state index contributed by atoms with van der Waals surface area (Å²) in [5.74, 6) is 0.432. The number of amides is 4. The molecule has 30 heavy (non-hydrogen) atoms. The first-order chi connectivity index (χ1) is 14.1. The van der Waals surface area contributed by atoms with Crippen LogP contribution in [0.4, 0.5) is 10.6 Å². The molecular formula is C22H35N5O3. The number of nitrogens with one attached hydrogen (secondary N) is 2. The number of hydrogen-bond donors (Lipinski definition) is 2. The van der Waals surface area contributed by atoms with Crippen molar-refractivity contribution in [2.75, 3.05) is 11.9 Å². The molecule has 1 atom stereocenters. The zero-order valence-corrected chi connectivity index (χ0v) is 18.8. The molecule has 0 radical (unpaired) electrons. The van der Waals surface area contributed by atoms with Crippen molar-refractivity contribution in [2.24, 2.45) is 11.3 Å². The molecule has 2 heterocycles. The van der Waals surface area contributed by atoms with E-state index < -0.39 is 17.5 Å². The van der Waals surface area contributed by atoms with Crippen LogP contribution in [0.2, 0.25) is 0 Å². The summed E-state index contributed by atoms with van der Waals surface area (Å²) in [5, 5.41) is 9.94. The van der Waals surface area contributed by atoms with E-state index >= 15 is 0 Å². The quantitative estimate of drug-likeness (QED) is 0.661. The molecule has 1 unspecified atom stereocenters. The van der Waals surface area contributed by atoms with Crippen LogP contribution in [0.5, 0.6) is 0 Å².